The standard InChI is InChI=1S/C21H24O6.H2O/c1-26-20-11-14(5-9-18(20)24)3-7-16(22)13-17(23)8-4-15-6-10-19(25)21(12-15)27-2;/h3-5,7-11,15,21,24-25H,6,12-13H2,1-2H3;1H2/b7-3+,8-4+;. The number of phenolic OH excluding ortho intramolecular Hbond substituents is 1. The van der Waals surface area contributed by atoms with Crippen LogP contribution in [0.5, 0.6) is 11.5 Å². The quantitative estimate of drug-likeness (QED) is 0.519. The fraction of sp³-hybridized carbons (Fsp3) is 0.333. The van der Waals surface area contributed by atoms with Crippen molar-refractivity contribution in [3.63, 3.8) is 0 Å². The zero-order chi connectivity index (χ0) is 19.8. The molecule has 2 atom stereocenters. The van der Waals surface area contributed by atoms with Gasteiger partial charge in [-0.1, -0.05) is 18.2 Å². The van der Waals surface area contributed by atoms with Crippen LogP contribution in [0.25, 0.3) is 6.08 Å². The summed E-state index contributed by atoms with van der Waals surface area (Å²) in [6.45, 7) is 0. The van der Waals surface area contributed by atoms with Gasteiger partial charge in [0.2, 0.25) is 0 Å². The van der Waals surface area contributed by atoms with Crippen LogP contribution in [0.3, 0.4) is 0 Å². The molecular weight excluding hydrogens is 364 g/mol. The predicted molar refractivity (Wildman–Crippen MR) is 105 cm³/mol. The van der Waals surface area contributed by atoms with E-state index in [0.29, 0.717) is 24.2 Å². The fourth-order valence-corrected chi connectivity index (χ4v) is 2.79. The van der Waals surface area contributed by atoms with Gasteiger partial charge in [0.05, 0.1) is 13.5 Å². The number of methoxy groups -OCH3 is 2. The molecule has 7 heteroatoms. The first-order valence-corrected chi connectivity index (χ1v) is 8.63. The molecule has 2 rings (SSSR count). The number of phenols is 1. The molecule has 0 aromatic heterocycles. The minimum atomic E-state index is -0.352. The van der Waals surface area contributed by atoms with Crippen molar-refractivity contribution in [1.29, 1.82) is 0 Å². The van der Waals surface area contributed by atoms with Crippen molar-refractivity contribution in [3.05, 3.63) is 53.8 Å². The molecule has 28 heavy (non-hydrogen) atoms. The maximum absolute atomic E-state index is 12.0. The Kier molecular flexibility index (Phi) is 9.14. The van der Waals surface area contributed by atoms with Crippen LogP contribution < -0.4 is 4.74 Å². The van der Waals surface area contributed by atoms with E-state index in [1.165, 1.54) is 32.4 Å². The first-order valence-electron chi connectivity index (χ1n) is 8.63. The van der Waals surface area contributed by atoms with Gasteiger partial charge < -0.3 is 25.2 Å². The van der Waals surface area contributed by atoms with Crippen LogP contribution in [0.1, 0.15) is 24.8 Å². The molecule has 7 nitrogen and oxygen atoms in total. The van der Waals surface area contributed by atoms with Gasteiger partial charge in [-0.3, -0.25) is 9.59 Å². The molecule has 0 fully saturated rings. The summed E-state index contributed by atoms with van der Waals surface area (Å²) < 4.78 is 10.2. The van der Waals surface area contributed by atoms with E-state index in [1.54, 1.807) is 30.4 Å². The van der Waals surface area contributed by atoms with E-state index in [4.69, 9.17) is 9.47 Å². The Balaban J connectivity index is 0.00000392. The maximum atomic E-state index is 12.0. The number of aliphatic hydroxyl groups excluding tert-OH is 1. The summed E-state index contributed by atoms with van der Waals surface area (Å²) in [6, 6.07) is 4.71. The van der Waals surface area contributed by atoms with Gasteiger partial charge in [-0.15, -0.1) is 0 Å². The molecule has 2 unspecified atom stereocenters. The zero-order valence-electron chi connectivity index (χ0n) is 15.9. The largest absolute Gasteiger partial charge is 0.510 e. The van der Waals surface area contributed by atoms with Crippen molar-refractivity contribution in [2.45, 2.75) is 25.4 Å². The third-order valence-electron chi connectivity index (χ3n) is 4.33. The lowest BCUT2D eigenvalue weighted by Gasteiger charge is -2.23. The highest BCUT2D eigenvalue weighted by Crippen LogP contribution is 2.27. The number of ether oxygens (including phenoxy) is 2. The molecule has 1 aromatic carbocycles. The van der Waals surface area contributed by atoms with Crippen LogP contribution in [0, 0.1) is 5.92 Å². The Morgan fingerprint density at radius 2 is 1.89 bits per heavy atom. The number of hydrogen-bond acceptors (Lipinski definition) is 6. The molecule has 0 saturated carbocycles. The lowest BCUT2D eigenvalue weighted by Crippen LogP contribution is -2.21. The van der Waals surface area contributed by atoms with Gasteiger partial charge in [0.15, 0.2) is 23.1 Å². The molecule has 0 radical (unpaired) electrons. The molecule has 152 valence electrons. The van der Waals surface area contributed by atoms with Crippen LogP contribution in [0.4, 0.5) is 0 Å². The normalized spacial score (nSPS) is 19.3. The highest BCUT2D eigenvalue weighted by molar-refractivity contribution is 6.09. The number of allylic oxidation sites excluding steroid dienone is 4. The van der Waals surface area contributed by atoms with E-state index in [0.717, 1.165) is 0 Å². The molecule has 0 spiro atoms. The SMILES string of the molecule is COc1cc(/C=C/C(=O)CC(=O)/C=C/C2CC=C(O)C(OC)C2)ccc1O.O. The second-order valence-corrected chi connectivity index (χ2v) is 6.32. The van der Waals surface area contributed by atoms with Gasteiger partial charge in [-0.2, -0.15) is 0 Å². The second kappa shape index (κ2) is 11.1. The minimum Gasteiger partial charge on any atom is -0.510 e. The van der Waals surface area contributed by atoms with Crippen molar-refractivity contribution in [3.8, 4) is 11.5 Å². The van der Waals surface area contributed by atoms with Crippen molar-refractivity contribution < 1.29 is 34.8 Å². The smallest absolute Gasteiger partial charge is 0.163 e. The van der Waals surface area contributed by atoms with Crippen molar-refractivity contribution in [1.82, 2.24) is 0 Å². The van der Waals surface area contributed by atoms with E-state index in [-0.39, 0.29) is 47.0 Å². The highest BCUT2D eigenvalue weighted by Gasteiger charge is 2.22. The average molecular weight is 390 g/mol. The number of hydrogen-bond donors (Lipinski definition) is 2. The summed E-state index contributed by atoms with van der Waals surface area (Å²) in [6.07, 6.45) is 8.43. The van der Waals surface area contributed by atoms with Crippen LogP contribution in [0.15, 0.2) is 48.3 Å². The number of carbonyl (C=O) groups excluding carboxylic acids is 2. The first kappa shape index (κ1) is 23.1. The summed E-state index contributed by atoms with van der Waals surface area (Å²) >= 11 is 0. The summed E-state index contributed by atoms with van der Waals surface area (Å²) in [5.41, 5.74) is 0.681. The molecule has 0 bridgehead atoms. The fourth-order valence-electron chi connectivity index (χ4n) is 2.79. The van der Waals surface area contributed by atoms with Gasteiger partial charge >= 0.3 is 0 Å². The van der Waals surface area contributed by atoms with Crippen molar-refractivity contribution in [2.24, 2.45) is 5.92 Å². The molecule has 0 saturated heterocycles. The predicted octanol–water partition coefficient (Wildman–Crippen LogP) is 2.54. The molecule has 1 aliphatic carbocycles. The van der Waals surface area contributed by atoms with Gasteiger partial charge in [0, 0.05) is 7.11 Å². The number of rotatable bonds is 8. The molecular formula is C21H26O7. The van der Waals surface area contributed by atoms with Gasteiger partial charge in [-0.05, 0) is 54.7 Å². The third-order valence-corrected chi connectivity index (χ3v) is 4.33. The summed E-state index contributed by atoms with van der Waals surface area (Å²) in [7, 11) is 2.97. The molecule has 1 aliphatic rings. The number of aromatic hydroxyl groups is 1. The van der Waals surface area contributed by atoms with Gasteiger partial charge in [0.25, 0.3) is 0 Å². The van der Waals surface area contributed by atoms with Crippen molar-refractivity contribution >= 4 is 17.6 Å². The highest BCUT2D eigenvalue weighted by atomic mass is 16.5. The summed E-state index contributed by atoms with van der Waals surface area (Å²) in [5, 5.41) is 19.2. The summed E-state index contributed by atoms with van der Waals surface area (Å²) in [4.78, 5) is 23.9. The zero-order valence-corrected chi connectivity index (χ0v) is 15.9. The molecule has 0 heterocycles. The van der Waals surface area contributed by atoms with E-state index in [9.17, 15) is 19.8 Å². The van der Waals surface area contributed by atoms with Crippen LogP contribution in [-0.2, 0) is 14.3 Å². The molecule has 1 aromatic rings. The Morgan fingerprint density at radius 3 is 2.57 bits per heavy atom. The lowest BCUT2D eigenvalue weighted by atomic mass is 9.90. The second-order valence-electron chi connectivity index (χ2n) is 6.32. The van der Waals surface area contributed by atoms with E-state index < -0.39 is 0 Å². The Hall–Kier alpha value is -2.90. The topological polar surface area (TPSA) is 125 Å². The van der Waals surface area contributed by atoms with Crippen LogP contribution in [0.2, 0.25) is 0 Å². The number of carbonyl (C=O) groups is 2. The number of aliphatic hydroxyl groups is 1. The molecule has 4 N–H and O–H groups in total. The minimum absolute atomic E-state index is 0. The Morgan fingerprint density at radius 1 is 1.18 bits per heavy atom. The number of ketones is 2. The Bertz CT molecular complexity index is 777. The Labute approximate surface area is 163 Å². The first-order chi connectivity index (χ1) is 12.9. The lowest BCUT2D eigenvalue weighted by molar-refractivity contribution is -0.121. The van der Waals surface area contributed by atoms with Crippen LogP contribution >= 0.6 is 0 Å². The number of benzene rings is 1. The van der Waals surface area contributed by atoms with E-state index >= 15 is 0 Å². The maximum Gasteiger partial charge on any atom is 0.163 e. The molecule has 0 amide bonds. The van der Waals surface area contributed by atoms with Crippen LogP contribution in [-0.4, -0.2) is 47.6 Å². The molecule has 0 aliphatic heterocycles. The van der Waals surface area contributed by atoms with E-state index in [1.807, 2.05) is 0 Å². The monoisotopic (exact) mass is 390 g/mol. The van der Waals surface area contributed by atoms with Gasteiger partial charge in [0.1, 0.15) is 11.9 Å². The average Bonchev–Trinajstić information content (AvgIpc) is 2.66. The van der Waals surface area contributed by atoms with E-state index in [2.05, 4.69) is 0 Å². The van der Waals surface area contributed by atoms with Crippen molar-refractivity contribution in [2.75, 3.05) is 14.2 Å². The summed E-state index contributed by atoms with van der Waals surface area (Å²) in [5.74, 6) is 0.0475. The van der Waals surface area contributed by atoms with Gasteiger partial charge in [-0.25, -0.2) is 0 Å². The third kappa shape index (κ3) is 6.68.